The second-order valence-electron chi connectivity index (χ2n) is 2.65. The highest BCUT2D eigenvalue weighted by atomic mass is 16.2. The van der Waals surface area contributed by atoms with Crippen LogP contribution in [0.2, 0.25) is 0 Å². The van der Waals surface area contributed by atoms with Gasteiger partial charge in [0.05, 0.1) is 6.04 Å². The molecule has 0 aliphatic carbocycles. The second kappa shape index (κ2) is 2.90. The zero-order valence-corrected chi connectivity index (χ0v) is 6.76. The van der Waals surface area contributed by atoms with Crippen molar-refractivity contribution in [2.24, 2.45) is 0 Å². The Balaban J connectivity index is 2.68. The van der Waals surface area contributed by atoms with E-state index in [1.54, 1.807) is 6.92 Å². The van der Waals surface area contributed by atoms with E-state index in [9.17, 15) is 9.59 Å². The summed E-state index contributed by atoms with van der Waals surface area (Å²) in [6.07, 6.45) is 0.387. The summed E-state index contributed by atoms with van der Waals surface area (Å²) in [4.78, 5) is 23.4. The Morgan fingerprint density at radius 1 is 1.82 bits per heavy atom. The molecule has 0 aromatic rings. The molecule has 1 N–H and O–H groups in total. The first-order valence-electron chi connectivity index (χ1n) is 3.76. The highest BCUT2D eigenvalue weighted by molar-refractivity contribution is 5.96. The minimum atomic E-state index is -0.260. The van der Waals surface area contributed by atoms with Gasteiger partial charge >= 0.3 is 6.03 Å². The summed E-state index contributed by atoms with van der Waals surface area (Å²) >= 11 is 0. The zero-order chi connectivity index (χ0) is 8.43. The van der Waals surface area contributed by atoms with E-state index in [1.807, 2.05) is 6.92 Å². The van der Waals surface area contributed by atoms with Crippen molar-refractivity contribution >= 4 is 11.9 Å². The van der Waals surface area contributed by atoms with Crippen LogP contribution in [0.15, 0.2) is 0 Å². The molecular weight excluding hydrogens is 144 g/mol. The Morgan fingerprint density at radius 2 is 2.45 bits per heavy atom. The lowest BCUT2D eigenvalue weighted by molar-refractivity contribution is -0.128. The largest absolute Gasteiger partial charge is 0.336 e. The fourth-order valence-electron chi connectivity index (χ4n) is 1.14. The van der Waals surface area contributed by atoms with Crippen molar-refractivity contribution in [1.82, 2.24) is 10.2 Å². The minimum absolute atomic E-state index is 0.00921. The molecule has 0 aromatic heterocycles. The van der Waals surface area contributed by atoms with Crippen LogP contribution in [0.3, 0.4) is 0 Å². The van der Waals surface area contributed by atoms with Crippen LogP contribution in [0.25, 0.3) is 0 Å². The lowest BCUT2D eigenvalue weighted by atomic mass is 10.3. The van der Waals surface area contributed by atoms with Gasteiger partial charge in [-0.3, -0.25) is 9.69 Å². The quantitative estimate of drug-likeness (QED) is 0.595. The molecule has 4 nitrogen and oxygen atoms in total. The van der Waals surface area contributed by atoms with Crippen molar-refractivity contribution in [3.05, 3.63) is 0 Å². The van der Waals surface area contributed by atoms with E-state index in [0.717, 1.165) is 0 Å². The molecule has 0 spiro atoms. The van der Waals surface area contributed by atoms with Gasteiger partial charge in [-0.15, -0.1) is 0 Å². The highest BCUT2D eigenvalue weighted by Gasteiger charge is 2.31. The van der Waals surface area contributed by atoms with Gasteiger partial charge in [0.25, 0.3) is 0 Å². The van der Waals surface area contributed by atoms with Gasteiger partial charge in [-0.25, -0.2) is 4.79 Å². The van der Waals surface area contributed by atoms with Crippen molar-refractivity contribution < 1.29 is 9.59 Å². The Bertz CT molecular complexity index is 191. The van der Waals surface area contributed by atoms with Crippen LogP contribution in [0.4, 0.5) is 4.79 Å². The summed E-state index contributed by atoms with van der Waals surface area (Å²) in [6, 6.07) is -0.251. The third-order valence-electron chi connectivity index (χ3n) is 1.78. The molecule has 1 aliphatic rings. The van der Waals surface area contributed by atoms with E-state index in [0.29, 0.717) is 13.0 Å². The molecule has 1 atom stereocenters. The minimum Gasteiger partial charge on any atom is -0.336 e. The summed E-state index contributed by atoms with van der Waals surface area (Å²) in [5, 5.41) is 2.60. The molecular formula is C7H12N2O2. The fraction of sp³-hybridized carbons (Fsp3) is 0.714. The summed E-state index contributed by atoms with van der Waals surface area (Å²) < 4.78 is 0. The van der Waals surface area contributed by atoms with E-state index in [-0.39, 0.29) is 18.0 Å². The van der Waals surface area contributed by atoms with Crippen molar-refractivity contribution in [1.29, 1.82) is 0 Å². The number of nitrogens with one attached hydrogen (secondary N) is 1. The summed E-state index contributed by atoms with van der Waals surface area (Å²) in [5.41, 5.74) is 0. The summed E-state index contributed by atoms with van der Waals surface area (Å²) in [7, 11) is 0. The second-order valence-corrected chi connectivity index (χ2v) is 2.65. The molecule has 0 radical (unpaired) electrons. The van der Waals surface area contributed by atoms with Crippen LogP contribution in [-0.4, -0.2) is 29.4 Å². The maximum atomic E-state index is 11.1. The van der Waals surface area contributed by atoms with E-state index in [4.69, 9.17) is 0 Å². The zero-order valence-electron chi connectivity index (χ0n) is 6.76. The molecule has 4 heteroatoms. The summed E-state index contributed by atoms with van der Waals surface area (Å²) in [5.74, 6) is -0.104. The monoisotopic (exact) mass is 156 g/mol. The number of nitrogens with zero attached hydrogens (tertiary/aromatic N) is 1. The third-order valence-corrected chi connectivity index (χ3v) is 1.78. The van der Waals surface area contributed by atoms with Gasteiger partial charge in [0, 0.05) is 13.0 Å². The van der Waals surface area contributed by atoms with Crippen molar-refractivity contribution in [2.45, 2.75) is 26.3 Å². The molecule has 1 fully saturated rings. The maximum absolute atomic E-state index is 11.1. The number of carbonyl (C=O) groups is 2. The molecule has 3 amide bonds. The van der Waals surface area contributed by atoms with Crippen molar-refractivity contribution in [2.75, 3.05) is 6.54 Å². The van der Waals surface area contributed by atoms with Gasteiger partial charge in [-0.05, 0) is 6.92 Å². The van der Waals surface area contributed by atoms with Gasteiger partial charge < -0.3 is 5.32 Å². The fourth-order valence-corrected chi connectivity index (χ4v) is 1.14. The molecule has 0 bridgehead atoms. The smallest absolute Gasteiger partial charge is 0.324 e. The third kappa shape index (κ3) is 1.34. The number of hydrogen-bond donors (Lipinski definition) is 1. The van der Waals surface area contributed by atoms with Gasteiger partial charge in [0.1, 0.15) is 0 Å². The number of urea groups is 1. The molecule has 1 aliphatic heterocycles. The molecule has 1 rings (SSSR count). The number of imide groups is 1. The first-order valence-corrected chi connectivity index (χ1v) is 3.76. The van der Waals surface area contributed by atoms with E-state index < -0.39 is 0 Å². The number of amides is 3. The molecule has 11 heavy (non-hydrogen) atoms. The van der Waals surface area contributed by atoms with Gasteiger partial charge in [-0.1, -0.05) is 6.92 Å². The van der Waals surface area contributed by atoms with E-state index in [1.165, 1.54) is 4.90 Å². The molecule has 0 saturated carbocycles. The molecule has 62 valence electrons. The molecule has 0 aromatic carbocycles. The van der Waals surface area contributed by atoms with Crippen LogP contribution >= 0.6 is 0 Å². The van der Waals surface area contributed by atoms with Gasteiger partial charge in [-0.2, -0.15) is 0 Å². The Morgan fingerprint density at radius 3 is 2.82 bits per heavy atom. The Labute approximate surface area is 65.6 Å². The first kappa shape index (κ1) is 8.04. The Hall–Kier alpha value is -1.06. The number of carbonyl (C=O) groups excluding carboxylic acids is 2. The average Bonchev–Trinajstić information content (AvgIpc) is 2.30. The standard InChI is InChI=1S/C7H12N2O2/c1-3-6(10)9-5(2)4-8-7(9)11/h5H,3-4H2,1-2H3,(H,8,11). The van der Waals surface area contributed by atoms with Gasteiger partial charge in [0.15, 0.2) is 0 Å². The number of rotatable bonds is 1. The topological polar surface area (TPSA) is 49.4 Å². The Kier molecular flexibility index (Phi) is 2.12. The number of hydrogen-bond acceptors (Lipinski definition) is 2. The van der Waals surface area contributed by atoms with Crippen molar-refractivity contribution in [3.8, 4) is 0 Å². The SMILES string of the molecule is CCC(=O)N1C(=O)NCC1C. The highest BCUT2D eigenvalue weighted by Crippen LogP contribution is 2.07. The molecule has 1 saturated heterocycles. The summed E-state index contributed by atoms with van der Waals surface area (Å²) in [6.45, 7) is 4.18. The van der Waals surface area contributed by atoms with E-state index in [2.05, 4.69) is 5.32 Å². The molecule has 1 heterocycles. The molecule has 1 unspecified atom stereocenters. The van der Waals surface area contributed by atoms with Crippen molar-refractivity contribution in [3.63, 3.8) is 0 Å². The average molecular weight is 156 g/mol. The normalized spacial score (nSPS) is 23.6. The van der Waals surface area contributed by atoms with E-state index >= 15 is 0 Å². The predicted octanol–water partition coefficient (Wildman–Crippen LogP) is 0.337. The van der Waals surface area contributed by atoms with Crippen LogP contribution in [0, 0.1) is 0 Å². The van der Waals surface area contributed by atoms with Crippen LogP contribution < -0.4 is 5.32 Å². The van der Waals surface area contributed by atoms with Gasteiger partial charge in [0.2, 0.25) is 5.91 Å². The lowest BCUT2D eigenvalue weighted by Crippen LogP contribution is -2.37. The predicted molar refractivity (Wildman–Crippen MR) is 40.0 cm³/mol. The maximum Gasteiger partial charge on any atom is 0.324 e. The van der Waals surface area contributed by atoms with Crippen LogP contribution in [-0.2, 0) is 4.79 Å². The van der Waals surface area contributed by atoms with Crippen LogP contribution in [0.5, 0.6) is 0 Å². The first-order chi connectivity index (χ1) is 5.16. The van der Waals surface area contributed by atoms with Crippen LogP contribution in [0.1, 0.15) is 20.3 Å². The lowest BCUT2D eigenvalue weighted by Gasteiger charge is -2.15.